The third-order valence-corrected chi connectivity index (χ3v) is 4.36. The summed E-state index contributed by atoms with van der Waals surface area (Å²) in [5, 5.41) is 3.26. The molecule has 0 aliphatic heterocycles. The molecule has 2 rings (SSSR count). The Labute approximate surface area is 105 Å². The molecular weight excluding hydrogens is 210 g/mol. The van der Waals surface area contributed by atoms with Gasteiger partial charge in [0.2, 0.25) is 0 Å². The lowest BCUT2D eigenvalue weighted by molar-refractivity contribution is 0.288. The van der Waals surface area contributed by atoms with Gasteiger partial charge in [0.05, 0.1) is 0 Å². The molecule has 98 valence electrons. The second-order valence-corrected chi connectivity index (χ2v) is 6.04. The number of hydrogen-bond acceptors (Lipinski definition) is 1. The number of nitrogens with zero attached hydrogens (tertiary/aromatic N) is 1. The van der Waals surface area contributed by atoms with Crippen LogP contribution < -0.4 is 11.1 Å². The molecule has 3 N–H and O–H groups in total. The van der Waals surface area contributed by atoms with Gasteiger partial charge in [-0.3, -0.25) is 4.99 Å². The molecule has 2 aliphatic carbocycles. The van der Waals surface area contributed by atoms with Crippen LogP contribution in [0.3, 0.4) is 0 Å². The highest BCUT2D eigenvalue weighted by Crippen LogP contribution is 2.28. The third kappa shape index (κ3) is 4.21. The average Bonchev–Trinajstić information content (AvgIpc) is 2.24. The molecule has 0 aromatic heterocycles. The minimum Gasteiger partial charge on any atom is -0.370 e. The SMILES string of the molecule is CC1CCCC(CN=C(N)NCC2CCC2)C1. The van der Waals surface area contributed by atoms with Crippen molar-refractivity contribution in [1.82, 2.24) is 5.32 Å². The van der Waals surface area contributed by atoms with Gasteiger partial charge in [0, 0.05) is 13.1 Å². The van der Waals surface area contributed by atoms with E-state index >= 15 is 0 Å². The maximum absolute atomic E-state index is 5.89. The zero-order chi connectivity index (χ0) is 12.1. The molecule has 0 saturated heterocycles. The van der Waals surface area contributed by atoms with Crippen molar-refractivity contribution in [3.63, 3.8) is 0 Å². The lowest BCUT2D eigenvalue weighted by atomic mass is 9.82. The van der Waals surface area contributed by atoms with E-state index in [-0.39, 0.29) is 0 Å². The first kappa shape index (κ1) is 12.7. The van der Waals surface area contributed by atoms with Gasteiger partial charge in [-0.25, -0.2) is 0 Å². The Kier molecular flexibility index (Phi) is 4.69. The smallest absolute Gasteiger partial charge is 0.188 e. The molecular formula is C14H27N3. The summed E-state index contributed by atoms with van der Waals surface area (Å²) >= 11 is 0. The van der Waals surface area contributed by atoms with E-state index in [4.69, 9.17) is 5.73 Å². The van der Waals surface area contributed by atoms with E-state index in [9.17, 15) is 0 Å². The van der Waals surface area contributed by atoms with Crippen LogP contribution in [0.4, 0.5) is 0 Å². The van der Waals surface area contributed by atoms with Crippen molar-refractivity contribution < 1.29 is 0 Å². The highest BCUT2D eigenvalue weighted by Gasteiger charge is 2.19. The Morgan fingerprint density at radius 1 is 1.18 bits per heavy atom. The normalized spacial score (nSPS) is 31.0. The maximum atomic E-state index is 5.89. The second-order valence-electron chi connectivity index (χ2n) is 6.04. The summed E-state index contributed by atoms with van der Waals surface area (Å²) in [6, 6.07) is 0. The zero-order valence-electron chi connectivity index (χ0n) is 11.1. The summed E-state index contributed by atoms with van der Waals surface area (Å²) in [4.78, 5) is 4.50. The average molecular weight is 237 g/mol. The predicted octanol–water partition coefficient (Wildman–Crippen LogP) is 2.52. The van der Waals surface area contributed by atoms with Crippen LogP contribution in [0.2, 0.25) is 0 Å². The highest BCUT2D eigenvalue weighted by molar-refractivity contribution is 5.77. The first-order valence-electron chi connectivity index (χ1n) is 7.28. The van der Waals surface area contributed by atoms with Gasteiger partial charge in [0.15, 0.2) is 5.96 Å². The van der Waals surface area contributed by atoms with Crippen LogP contribution in [0, 0.1) is 17.8 Å². The largest absolute Gasteiger partial charge is 0.370 e. The molecule has 0 spiro atoms. The van der Waals surface area contributed by atoms with Gasteiger partial charge in [0.25, 0.3) is 0 Å². The Morgan fingerprint density at radius 3 is 2.53 bits per heavy atom. The van der Waals surface area contributed by atoms with E-state index in [0.717, 1.165) is 30.8 Å². The lowest BCUT2D eigenvalue weighted by Gasteiger charge is -2.26. The van der Waals surface area contributed by atoms with Crippen molar-refractivity contribution in [3.8, 4) is 0 Å². The summed E-state index contributed by atoms with van der Waals surface area (Å²) in [5.41, 5.74) is 5.89. The molecule has 2 fully saturated rings. The van der Waals surface area contributed by atoms with E-state index in [2.05, 4.69) is 17.2 Å². The van der Waals surface area contributed by atoms with Gasteiger partial charge in [-0.05, 0) is 43.4 Å². The van der Waals surface area contributed by atoms with Crippen LogP contribution in [-0.4, -0.2) is 19.0 Å². The molecule has 2 atom stereocenters. The van der Waals surface area contributed by atoms with Crippen molar-refractivity contribution in [2.45, 2.75) is 51.9 Å². The molecule has 0 aromatic carbocycles. The summed E-state index contributed by atoms with van der Waals surface area (Å²) in [7, 11) is 0. The van der Waals surface area contributed by atoms with Crippen LogP contribution >= 0.6 is 0 Å². The predicted molar refractivity (Wildman–Crippen MR) is 73.0 cm³/mol. The van der Waals surface area contributed by atoms with Crippen LogP contribution in [0.15, 0.2) is 4.99 Å². The molecule has 0 bridgehead atoms. The first-order valence-corrected chi connectivity index (χ1v) is 7.28. The van der Waals surface area contributed by atoms with E-state index in [1.165, 1.54) is 44.9 Å². The topological polar surface area (TPSA) is 50.4 Å². The fraction of sp³-hybridized carbons (Fsp3) is 0.929. The highest BCUT2D eigenvalue weighted by atomic mass is 15.1. The van der Waals surface area contributed by atoms with Crippen LogP contribution in [0.5, 0.6) is 0 Å². The van der Waals surface area contributed by atoms with Gasteiger partial charge >= 0.3 is 0 Å². The van der Waals surface area contributed by atoms with Gasteiger partial charge in [-0.1, -0.05) is 26.2 Å². The standard InChI is InChI=1S/C14H27N3/c1-11-4-2-7-13(8-11)10-17-14(15)16-9-12-5-3-6-12/h11-13H,2-10H2,1H3,(H3,15,16,17). The number of rotatable bonds is 4. The van der Waals surface area contributed by atoms with Gasteiger partial charge in [0.1, 0.15) is 0 Å². The van der Waals surface area contributed by atoms with Crippen molar-refractivity contribution in [2.75, 3.05) is 13.1 Å². The first-order chi connectivity index (χ1) is 8.24. The number of nitrogens with two attached hydrogens (primary N) is 1. The van der Waals surface area contributed by atoms with Crippen molar-refractivity contribution >= 4 is 5.96 Å². The molecule has 17 heavy (non-hydrogen) atoms. The Hall–Kier alpha value is -0.730. The molecule has 3 heteroatoms. The van der Waals surface area contributed by atoms with E-state index in [1.54, 1.807) is 0 Å². The van der Waals surface area contributed by atoms with Crippen LogP contribution in [0.25, 0.3) is 0 Å². The van der Waals surface area contributed by atoms with Gasteiger partial charge in [-0.15, -0.1) is 0 Å². The fourth-order valence-electron chi connectivity index (χ4n) is 2.95. The maximum Gasteiger partial charge on any atom is 0.188 e. The Morgan fingerprint density at radius 2 is 1.88 bits per heavy atom. The Bertz CT molecular complexity index is 258. The molecule has 2 aliphatic rings. The van der Waals surface area contributed by atoms with Crippen molar-refractivity contribution in [1.29, 1.82) is 0 Å². The number of aliphatic imine (C=N–C) groups is 1. The monoisotopic (exact) mass is 237 g/mol. The number of nitrogens with one attached hydrogen (secondary N) is 1. The van der Waals surface area contributed by atoms with Gasteiger partial charge < -0.3 is 11.1 Å². The summed E-state index contributed by atoms with van der Waals surface area (Å²) in [6.45, 7) is 4.30. The fourth-order valence-corrected chi connectivity index (χ4v) is 2.95. The lowest BCUT2D eigenvalue weighted by Crippen LogP contribution is -2.37. The van der Waals surface area contributed by atoms with Crippen molar-refractivity contribution in [3.05, 3.63) is 0 Å². The summed E-state index contributed by atoms with van der Waals surface area (Å²) in [5.74, 6) is 3.16. The van der Waals surface area contributed by atoms with E-state index in [1.807, 2.05) is 0 Å². The molecule has 0 radical (unpaired) electrons. The van der Waals surface area contributed by atoms with E-state index < -0.39 is 0 Å². The number of hydrogen-bond donors (Lipinski definition) is 2. The van der Waals surface area contributed by atoms with Crippen LogP contribution in [0.1, 0.15) is 51.9 Å². The van der Waals surface area contributed by atoms with E-state index in [0.29, 0.717) is 5.96 Å². The molecule has 0 amide bonds. The molecule has 0 aromatic rings. The molecule has 3 nitrogen and oxygen atoms in total. The minimum atomic E-state index is 0.662. The zero-order valence-corrected chi connectivity index (χ0v) is 11.1. The molecule has 0 heterocycles. The second kappa shape index (κ2) is 6.27. The van der Waals surface area contributed by atoms with Crippen molar-refractivity contribution in [2.24, 2.45) is 28.5 Å². The van der Waals surface area contributed by atoms with Crippen LogP contribution in [-0.2, 0) is 0 Å². The Balaban J connectivity index is 1.63. The molecule has 2 saturated carbocycles. The van der Waals surface area contributed by atoms with Gasteiger partial charge in [-0.2, -0.15) is 0 Å². The minimum absolute atomic E-state index is 0.662. The molecule has 2 unspecified atom stereocenters. The number of guanidine groups is 1. The quantitative estimate of drug-likeness (QED) is 0.583. The summed E-state index contributed by atoms with van der Waals surface area (Å²) in [6.07, 6.45) is 9.56. The summed E-state index contributed by atoms with van der Waals surface area (Å²) < 4.78 is 0. The third-order valence-electron chi connectivity index (χ3n) is 4.36.